The van der Waals surface area contributed by atoms with Gasteiger partial charge in [0.05, 0.1) is 0 Å². The first-order chi connectivity index (χ1) is 9.28. The summed E-state index contributed by atoms with van der Waals surface area (Å²) in [4.78, 5) is 2.66. The molecule has 0 spiro atoms. The van der Waals surface area contributed by atoms with E-state index in [1.54, 1.807) is 0 Å². The molecule has 0 saturated carbocycles. The lowest BCUT2D eigenvalue weighted by molar-refractivity contribution is 0.247. The van der Waals surface area contributed by atoms with E-state index in [-0.39, 0.29) is 0 Å². The van der Waals surface area contributed by atoms with Crippen molar-refractivity contribution < 1.29 is 0 Å². The Hall–Kier alpha value is -0.730. The molecule has 2 atom stereocenters. The van der Waals surface area contributed by atoms with Gasteiger partial charge in [0.15, 0.2) is 0 Å². The molecule has 2 nitrogen and oxygen atoms in total. The summed E-state index contributed by atoms with van der Waals surface area (Å²) in [7, 11) is 0. The highest BCUT2D eigenvalue weighted by molar-refractivity contribution is 6.30. The standard InChI is InChI=1S/C16H23ClN2/c1-2-18-13-10-15-4-3-5-16(11-13)19(15)14-8-6-12(17)7-9-14/h6-9,13,15-16,18H,2-5,10-11H2,1H3. The molecule has 2 aliphatic heterocycles. The molecule has 0 aliphatic carbocycles. The molecular formula is C16H23ClN2. The number of piperidine rings is 2. The Bertz CT molecular complexity index is 403. The molecule has 3 rings (SSSR count). The number of anilines is 1. The number of rotatable bonds is 3. The maximum atomic E-state index is 6.01. The molecule has 0 amide bonds. The molecule has 104 valence electrons. The molecule has 1 aromatic rings. The van der Waals surface area contributed by atoms with Crippen molar-refractivity contribution in [1.82, 2.24) is 5.32 Å². The van der Waals surface area contributed by atoms with E-state index in [9.17, 15) is 0 Å². The van der Waals surface area contributed by atoms with Crippen LogP contribution in [0.5, 0.6) is 0 Å². The van der Waals surface area contributed by atoms with Crippen molar-refractivity contribution in [2.45, 2.75) is 57.2 Å². The van der Waals surface area contributed by atoms with E-state index in [1.165, 1.54) is 37.8 Å². The average molecular weight is 279 g/mol. The van der Waals surface area contributed by atoms with Crippen LogP contribution in [-0.2, 0) is 0 Å². The third-order valence-electron chi connectivity index (χ3n) is 4.59. The lowest BCUT2D eigenvalue weighted by atomic mass is 9.81. The van der Waals surface area contributed by atoms with Crippen molar-refractivity contribution in [3.05, 3.63) is 29.3 Å². The predicted molar refractivity (Wildman–Crippen MR) is 82.1 cm³/mol. The lowest BCUT2D eigenvalue weighted by Crippen LogP contribution is -2.56. The summed E-state index contributed by atoms with van der Waals surface area (Å²) >= 11 is 6.01. The Morgan fingerprint density at radius 1 is 1.16 bits per heavy atom. The molecule has 2 unspecified atom stereocenters. The van der Waals surface area contributed by atoms with Gasteiger partial charge < -0.3 is 10.2 Å². The minimum atomic E-state index is 0.706. The molecule has 2 aliphatic rings. The first kappa shape index (κ1) is 13.3. The highest BCUT2D eigenvalue weighted by atomic mass is 35.5. The molecule has 1 N–H and O–H groups in total. The largest absolute Gasteiger partial charge is 0.365 e. The SMILES string of the molecule is CCNC1CC2CCCC(C1)N2c1ccc(Cl)cc1. The van der Waals surface area contributed by atoms with Crippen molar-refractivity contribution in [2.75, 3.05) is 11.4 Å². The van der Waals surface area contributed by atoms with Crippen molar-refractivity contribution in [3.63, 3.8) is 0 Å². The summed E-state index contributed by atoms with van der Waals surface area (Å²) in [5.41, 5.74) is 1.36. The maximum Gasteiger partial charge on any atom is 0.0407 e. The first-order valence-electron chi connectivity index (χ1n) is 7.55. The Kier molecular flexibility index (Phi) is 3.99. The fourth-order valence-electron chi connectivity index (χ4n) is 3.87. The van der Waals surface area contributed by atoms with E-state index >= 15 is 0 Å². The van der Waals surface area contributed by atoms with Gasteiger partial charge in [0.25, 0.3) is 0 Å². The van der Waals surface area contributed by atoms with Gasteiger partial charge in [0.1, 0.15) is 0 Å². The second kappa shape index (κ2) is 5.72. The van der Waals surface area contributed by atoms with Crippen molar-refractivity contribution in [1.29, 1.82) is 0 Å². The van der Waals surface area contributed by atoms with Crippen LogP contribution >= 0.6 is 11.6 Å². The molecule has 0 aromatic heterocycles. The highest BCUT2D eigenvalue weighted by Crippen LogP contribution is 2.37. The molecule has 19 heavy (non-hydrogen) atoms. The second-order valence-electron chi connectivity index (χ2n) is 5.85. The molecule has 2 heterocycles. The average Bonchev–Trinajstić information content (AvgIpc) is 2.39. The van der Waals surface area contributed by atoms with Gasteiger partial charge in [-0.2, -0.15) is 0 Å². The Morgan fingerprint density at radius 3 is 2.37 bits per heavy atom. The molecule has 3 heteroatoms. The van der Waals surface area contributed by atoms with E-state index in [0.29, 0.717) is 18.1 Å². The zero-order valence-electron chi connectivity index (χ0n) is 11.6. The third-order valence-corrected chi connectivity index (χ3v) is 4.84. The second-order valence-corrected chi connectivity index (χ2v) is 6.28. The minimum Gasteiger partial charge on any atom is -0.365 e. The Balaban J connectivity index is 1.80. The van der Waals surface area contributed by atoms with Crippen molar-refractivity contribution >= 4 is 17.3 Å². The quantitative estimate of drug-likeness (QED) is 0.904. The minimum absolute atomic E-state index is 0.706. The summed E-state index contributed by atoms with van der Waals surface area (Å²) in [5.74, 6) is 0. The van der Waals surface area contributed by atoms with Gasteiger partial charge in [0, 0.05) is 28.8 Å². The molecule has 1 aromatic carbocycles. The number of nitrogens with zero attached hydrogens (tertiary/aromatic N) is 1. The fourth-order valence-corrected chi connectivity index (χ4v) is 4.00. The van der Waals surface area contributed by atoms with Crippen LogP contribution in [0.15, 0.2) is 24.3 Å². The zero-order valence-corrected chi connectivity index (χ0v) is 12.4. The lowest BCUT2D eigenvalue weighted by Gasteiger charge is -2.50. The smallest absolute Gasteiger partial charge is 0.0407 e. The van der Waals surface area contributed by atoms with Crippen LogP contribution in [0.1, 0.15) is 39.0 Å². The van der Waals surface area contributed by atoms with Crippen LogP contribution in [0.3, 0.4) is 0 Å². The van der Waals surface area contributed by atoms with Crippen LogP contribution in [0, 0.1) is 0 Å². The van der Waals surface area contributed by atoms with Crippen molar-refractivity contribution in [3.8, 4) is 0 Å². The Labute approximate surface area is 121 Å². The normalized spacial score (nSPS) is 30.4. The van der Waals surface area contributed by atoms with Crippen LogP contribution in [0.25, 0.3) is 0 Å². The topological polar surface area (TPSA) is 15.3 Å². The Morgan fingerprint density at radius 2 is 1.79 bits per heavy atom. The van der Waals surface area contributed by atoms with E-state index < -0.39 is 0 Å². The van der Waals surface area contributed by atoms with Crippen LogP contribution < -0.4 is 10.2 Å². The molecular weight excluding hydrogens is 256 g/mol. The first-order valence-corrected chi connectivity index (χ1v) is 7.93. The molecule has 0 radical (unpaired) electrons. The van der Waals surface area contributed by atoms with E-state index in [2.05, 4.69) is 29.3 Å². The van der Waals surface area contributed by atoms with Gasteiger partial charge in [0.2, 0.25) is 0 Å². The summed E-state index contributed by atoms with van der Waals surface area (Å²) in [5, 5.41) is 4.48. The maximum absolute atomic E-state index is 6.01. The number of benzene rings is 1. The predicted octanol–water partition coefficient (Wildman–Crippen LogP) is 3.84. The number of hydrogen-bond donors (Lipinski definition) is 1. The van der Waals surface area contributed by atoms with Gasteiger partial charge in [-0.05, 0) is 62.9 Å². The zero-order chi connectivity index (χ0) is 13.2. The van der Waals surface area contributed by atoms with Gasteiger partial charge in [-0.15, -0.1) is 0 Å². The highest BCUT2D eigenvalue weighted by Gasteiger charge is 2.37. The number of halogens is 1. The van der Waals surface area contributed by atoms with Gasteiger partial charge in [-0.25, -0.2) is 0 Å². The molecule has 2 bridgehead atoms. The molecule has 2 saturated heterocycles. The van der Waals surface area contributed by atoms with Crippen molar-refractivity contribution in [2.24, 2.45) is 0 Å². The molecule has 2 fully saturated rings. The number of fused-ring (bicyclic) bond motifs is 2. The van der Waals surface area contributed by atoms with Crippen LogP contribution in [0.2, 0.25) is 5.02 Å². The van der Waals surface area contributed by atoms with E-state index in [1.807, 2.05) is 12.1 Å². The van der Waals surface area contributed by atoms with Gasteiger partial charge >= 0.3 is 0 Å². The van der Waals surface area contributed by atoms with Crippen LogP contribution in [0.4, 0.5) is 5.69 Å². The number of nitrogens with one attached hydrogen (secondary N) is 1. The number of hydrogen-bond acceptors (Lipinski definition) is 2. The summed E-state index contributed by atoms with van der Waals surface area (Å²) in [6.07, 6.45) is 6.63. The monoisotopic (exact) mass is 278 g/mol. The fraction of sp³-hybridized carbons (Fsp3) is 0.625. The third kappa shape index (κ3) is 2.75. The van der Waals surface area contributed by atoms with E-state index in [4.69, 9.17) is 11.6 Å². The summed E-state index contributed by atoms with van der Waals surface area (Å²) in [6.45, 7) is 3.30. The van der Waals surface area contributed by atoms with Crippen LogP contribution in [-0.4, -0.2) is 24.7 Å². The van der Waals surface area contributed by atoms with Gasteiger partial charge in [-0.1, -0.05) is 18.5 Å². The van der Waals surface area contributed by atoms with Gasteiger partial charge in [-0.3, -0.25) is 0 Å². The van der Waals surface area contributed by atoms with E-state index in [0.717, 1.165) is 11.6 Å². The summed E-state index contributed by atoms with van der Waals surface area (Å²) < 4.78 is 0. The summed E-state index contributed by atoms with van der Waals surface area (Å²) in [6, 6.07) is 10.5.